The molecular formula is C68H106Cu4N20O10-16. The van der Waals surface area contributed by atoms with Gasteiger partial charge in [-0.15, -0.1) is 58.4 Å². The fraction of sp³-hybridized carbons (Fsp3) is 0.853. The Balaban J connectivity index is 0.000000242. The topological polar surface area (TPSA) is 433 Å². The minimum absolute atomic E-state index is 0. The molecular weight excluding hydrogens is 1510 g/mol. The minimum Gasteiger partial charge on any atom is -0.655 e. The van der Waals surface area contributed by atoms with Gasteiger partial charge in [0.1, 0.15) is 0 Å². The van der Waals surface area contributed by atoms with E-state index in [0.717, 1.165) is 223 Å². The molecule has 11 fully saturated rings. The molecule has 34 heteroatoms. The molecule has 0 aliphatic carbocycles. The SMILES string of the molecule is O=C([N-]C1CCCC([N-]C(=O)C2CCCC[N-]2)N1)C1CCCC[N-]1.O=C([N-]C1CCCC([N-]C(=O)C2CCCC[N-]2)N1)C1CCCC[N-]1.O=C([N-]C1CCCC([N-]C(=O)C2CCCC[N-]2)N1O)C1CC=CC[N-]1.O=C([N-]C1CCCC([N-]C(=O)C2CCCC[N-]2)N1O)C1CCCC[N-]1.[Cu].[Cu].[Cu].[Cu]. The minimum atomic E-state index is -0.660. The maximum absolute atomic E-state index is 12.3. The van der Waals surface area contributed by atoms with E-state index >= 15 is 0 Å². The quantitative estimate of drug-likeness (QED) is 0.0824. The van der Waals surface area contributed by atoms with Gasteiger partial charge in [0.05, 0.1) is 0 Å². The summed E-state index contributed by atoms with van der Waals surface area (Å²) < 4.78 is 0. The van der Waals surface area contributed by atoms with Crippen LogP contribution in [0.4, 0.5) is 0 Å². The Morgan fingerprint density at radius 2 is 0.480 bits per heavy atom. The summed E-state index contributed by atoms with van der Waals surface area (Å²) in [6, 6.07) is -2.64. The van der Waals surface area contributed by atoms with Crippen LogP contribution >= 0.6 is 0 Å². The van der Waals surface area contributed by atoms with Crippen molar-refractivity contribution in [3.05, 3.63) is 97.2 Å². The average Bonchev–Trinajstić information content (AvgIpc) is 0.843. The third-order valence-corrected chi connectivity index (χ3v) is 19.9. The summed E-state index contributed by atoms with van der Waals surface area (Å²) >= 11 is 0. The summed E-state index contributed by atoms with van der Waals surface area (Å²) in [5, 5.41) is 97.6. The van der Waals surface area contributed by atoms with Gasteiger partial charge >= 0.3 is 0 Å². The number of nitrogens with zero attached hydrogens (tertiary/aromatic N) is 18. The monoisotopic (exact) mass is 1610 g/mol. The van der Waals surface area contributed by atoms with Crippen molar-refractivity contribution in [1.82, 2.24) is 20.8 Å². The maximum Gasteiger partial charge on any atom is 0.0348 e. The largest absolute Gasteiger partial charge is 0.655 e. The van der Waals surface area contributed by atoms with E-state index in [-0.39, 0.29) is 182 Å². The van der Waals surface area contributed by atoms with Crippen LogP contribution in [0.25, 0.3) is 85.1 Å². The van der Waals surface area contributed by atoms with Crippen molar-refractivity contribution in [2.24, 2.45) is 0 Å². The number of hydrogen-bond acceptors (Lipinski definition) is 14. The van der Waals surface area contributed by atoms with Crippen molar-refractivity contribution in [1.29, 1.82) is 0 Å². The summed E-state index contributed by atoms with van der Waals surface area (Å²) in [7, 11) is 0. The molecule has 598 valence electrons. The van der Waals surface area contributed by atoms with Crippen molar-refractivity contribution >= 4 is 47.3 Å². The number of hydrogen-bond donors (Lipinski definition) is 4. The molecule has 4 radical (unpaired) electrons. The molecule has 11 saturated heterocycles. The van der Waals surface area contributed by atoms with E-state index in [4.69, 9.17) is 0 Å². The van der Waals surface area contributed by atoms with Gasteiger partial charge in [-0.2, -0.15) is 0 Å². The number of amides is 8. The van der Waals surface area contributed by atoms with E-state index in [2.05, 4.69) is 95.7 Å². The van der Waals surface area contributed by atoms with Crippen LogP contribution in [0.2, 0.25) is 0 Å². The van der Waals surface area contributed by atoms with Gasteiger partial charge in [-0.3, -0.25) is 0 Å². The Labute approximate surface area is 646 Å². The molecule has 0 aromatic carbocycles. The molecule has 4 N–H and O–H groups in total. The first kappa shape index (κ1) is 89.6. The van der Waals surface area contributed by atoms with Gasteiger partial charge in [-0.1, -0.05) is 291 Å². The normalized spacial score (nSPS) is 32.8. The second-order valence-corrected chi connectivity index (χ2v) is 27.6. The van der Waals surface area contributed by atoms with E-state index in [1.54, 1.807) is 0 Å². The number of carbonyl (C=O) groups is 8. The van der Waals surface area contributed by atoms with Gasteiger partial charge in [0.25, 0.3) is 0 Å². The zero-order valence-corrected chi connectivity index (χ0v) is 62.3. The van der Waals surface area contributed by atoms with Crippen molar-refractivity contribution in [3.63, 3.8) is 0 Å². The standard InChI is InChI=1S/C17H29N5O3.C17H27N5O3.2C17H29N5O2.4Cu/c2*23-16(12-6-1-3-10-18-12)20-14-8-5-9-15(22(14)25)21-17(24)13-7-2-4-11-19-13;2*23-16(12-6-1-3-10-18-12)21-14-8-5-9-15(20-14)22-17(24)13-7-2-4-11-19-13;;;;/h12-15,25H,1-11H2,(H2,20,21,23,24);1,3,12-15,25H,2,4-11H2,(H2,20,21,23,24);2*12-15,20H,1-11H2,(H2,21,22,23,24);;;;/q4*-2;;;;/p-8. The summed E-state index contributed by atoms with van der Waals surface area (Å²) in [6.07, 6.45) is 29.7. The van der Waals surface area contributed by atoms with E-state index in [1.807, 2.05) is 12.2 Å². The molecule has 12 heterocycles. The molecule has 30 nitrogen and oxygen atoms in total. The summed E-state index contributed by atoms with van der Waals surface area (Å²) in [4.78, 5) is 98.0. The third kappa shape index (κ3) is 29.9. The zero-order chi connectivity index (χ0) is 68.9. The molecule has 0 saturated carbocycles. The number of hydroxylamine groups is 4. The number of piperidine rings is 11. The number of rotatable bonds is 16. The van der Waals surface area contributed by atoms with E-state index in [9.17, 15) is 48.8 Å². The van der Waals surface area contributed by atoms with Gasteiger partial charge in [0, 0.05) is 116 Å². The average molecular weight is 1620 g/mol. The van der Waals surface area contributed by atoms with Crippen LogP contribution in [0.15, 0.2) is 12.2 Å². The third-order valence-electron chi connectivity index (χ3n) is 19.9. The van der Waals surface area contributed by atoms with Gasteiger partial charge in [0.2, 0.25) is 0 Å². The first-order chi connectivity index (χ1) is 47.7. The summed E-state index contributed by atoms with van der Waals surface area (Å²) in [5.41, 5.74) is 0. The Hall–Kier alpha value is -2.98. The second-order valence-electron chi connectivity index (χ2n) is 27.6. The first-order valence-electron chi connectivity index (χ1n) is 37.2. The first-order valence-corrected chi connectivity index (χ1v) is 37.2. The van der Waals surface area contributed by atoms with Crippen LogP contribution in [0.1, 0.15) is 218 Å². The molecule has 16 atom stereocenters. The van der Waals surface area contributed by atoms with Crippen molar-refractivity contribution in [3.8, 4) is 0 Å². The van der Waals surface area contributed by atoms with E-state index in [0.29, 0.717) is 58.3 Å². The zero-order valence-electron chi connectivity index (χ0n) is 58.5. The van der Waals surface area contributed by atoms with Crippen molar-refractivity contribution in [2.75, 3.05) is 52.4 Å². The van der Waals surface area contributed by atoms with Crippen LogP contribution in [0.5, 0.6) is 0 Å². The molecule has 0 bridgehead atoms. The fourth-order valence-electron chi connectivity index (χ4n) is 14.1. The summed E-state index contributed by atoms with van der Waals surface area (Å²) in [6.45, 7) is 5.70. The Morgan fingerprint density at radius 3 is 0.686 bits per heavy atom. The molecule has 12 aliphatic rings. The molecule has 0 aromatic rings. The van der Waals surface area contributed by atoms with Crippen LogP contribution in [-0.4, -0.2) is 218 Å². The van der Waals surface area contributed by atoms with Crippen LogP contribution in [-0.2, 0) is 107 Å². The maximum atomic E-state index is 12.3. The molecule has 16 unspecified atom stereocenters. The molecule has 0 spiro atoms. The molecule has 102 heavy (non-hydrogen) atoms. The summed E-state index contributed by atoms with van der Waals surface area (Å²) in [5.74, 6) is -1.62. The predicted molar refractivity (Wildman–Crippen MR) is 373 cm³/mol. The van der Waals surface area contributed by atoms with Crippen LogP contribution in [0.3, 0.4) is 0 Å². The van der Waals surface area contributed by atoms with E-state index in [1.165, 1.54) is 0 Å². The number of nitrogens with one attached hydrogen (secondary N) is 2. The van der Waals surface area contributed by atoms with Gasteiger partial charge in [0.15, 0.2) is 0 Å². The Bertz CT molecular complexity index is 2330. The van der Waals surface area contributed by atoms with Gasteiger partial charge in [-0.05, 0) is 31.1 Å². The molecule has 12 aliphatic heterocycles. The van der Waals surface area contributed by atoms with Gasteiger partial charge < -0.3 is 144 Å². The van der Waals surface area contributed by atoms with Crippen molar-refractivity contribution < 1.29 is 117 Å². The Morgan fingerprint density at radius 1 is 0.265 bits per heavy atom. The van der Waals surface area contributed by atoms with Crippen molar-refractivity contribution in [2.45, 2.75) is 316 Å². The molecule has 8 amide bonds. The smallest absolute Gasteiger partial charge is 0.0348 e. The second kappa shape index (κ2) is 49.1. The molecule has 12 rings (SSSR count). The van der Waals surface area contributed by atoms with Crippen LogP contribution in [0, 0.1) is 0 Å². The Kier molecular flexibility index (Phi) is 43.2. The fourth-order valence-corrected chi connectivity index (χ4v) is 14.1. The number of carbonyl (C=O) groups excluding carboxylic acids is 8. The van der Waals surface area contributed by atoms with Gasteiger partial charge in [-0.25, -0.2) is 10.1 Å². The predicted octanol–water partition coefficient (Wildman–Crippen LogP) is 12.2. The molecule has 0 aromatic heterocycles. The van der Waals surface area contributed by atoms with E-state index < -0.39 is 30.7 Å². The van der Waals surface area contributed by atoms with Crippen LogP contribution < -0.4 is 10.6 Å².